The lowest BCUT2D eigenvalue weighted by Gasteiger charge is -2.12. The Hall–Kier alpha value is -1.70. The average molecular weight is 296 g/mol. The minimum atomic E-state index is -4.43. The topological polar surface area (TPSA) is 35.8 Å². The van der Waals surface area contributed by atoms with Crippen LogP contribution in [0, 0.1) is 28.1 Å². The zero-order chi connectivity index (χ0) is 16.1. The van der Waals surface area contributed by atoms with E-state index in [9.17, 15) is 13.2 Å². The van der Waals surface area contributed by atoms with E-state index in [1.54, 1.807) is 0 Å². The molecule has 0 atom stereocenters. The first-order valence-electron chi connectivity index (χ1n) is 6.87. The van der Waals surface area contributed by atoms with Crippen molar-refractivity contribution in [1.82, 2.24) is 0 Å². The predicted octanol–water partition coefficient (Wildman–Crippen LogP) is 4.67. The van der Waals surface area contributed by atoms with Gasteiger partial charge in [0.1, 0.15) is 6.07 Å². The molecule has 5 heteroatoms. The summed E-state index contributed by atoms with van der Waals surface area (Å²) in [7, 11) is 0. The predicted molar refractivity (Wildman–Crippen MR) is 75.7 cm³/mol. The molecule has 2 nitrogen and oxygen atoms in total. The number of halogens is 3. The number of nitrogens with one attached hydrogen (secondary N) is 1. The molecule has 0 spiro atoms. The number of alkyl halides is 3. The van der Waals surface area contributed by atoms with E-state index in [0.29, 0.717) is 18.2 Å². The lowest BCUT2D eigenvalue weighted by atomic mass is 10.0. The van der Waals surface area contributed by atoms with Gasteiger partial charge in [-0.25, -0.2) is 0 Å². The van der Waals surface area contributed by atoms with Crippen LogP contribution in [-0.4, -0.2) is 6.54 Å². The number of hydrogen-bond donors (Lipinski definition) is 1. The lowest BCUT2D eigenvalue weighted by Crippen LogP contribution is -2.11. The Balaban J connectivity index is 2.14. The Morgan fingerprint density at radius 3 is 2.19 bits per heavy atom. The van der Waals surface area contributed by atoms with E-state index >= 15 is 0 Å². The van der Waals surface area contributed by atoms with E-state index in [0.717, 1.165) is 12.1 Å². The highest BCUT2D eigenvalue weighted by Gasteiger charge is 2.64. The highest BCUT2D eigenvalue weighted by molar-refractivity contribution is 5.59. The van der Waals surface area contributed by atoms with Crippen LogP contribution in [0.15, 0.2) is 18.2 Å². The molecule has 0 bridgehead atoms. The average Bonchev–Trinajstić information content (AvgIpc) is 2.75. The van der Waals surface area contributed by atoms with Gasteiger partial charge >= 0.3 is 6.18 Å². The number of nitriles is 1. The van der Waals surface area contributed by atoms with Crippen molar-refractivity contribution in [1.29, 1.82) is 5.26 Å². The van der Waals surface area contributed by atoms with E-state index in [1.807, 2.05) is 6.07 Å². The van der Waals surface area contributed by atoms with Crippen molar-refractivity contribution in [3.05, 3.63) is 29.3 Å². The molecule has 0 saturated heterocycles. The minimum Gasteiger partial charge on any atom is -0.384 e. The van der Waals surface area contributed by atoms with Gasteiger partial charge in [-0.1, -0.05) is 27.7 Å². The van der Waals surface area contributed by atoms with Crippen LogP contribution >= 0.6 is 0 Å². The summed E-state index contributed by atoms with van der Waals surface area (Å²) in [5.41, 5.74) is 0.0824. The van der Waals surface area contributed by atoms with Crippen molar-refractivity contribution < 1.29 is 13.2 Å². The second kappa shape index (κ2) is 4.66. The van der Waals surface area contributed by atoms with E-state index in [-0.39, 0.29) is 16.4 Å². The summed E-state index contributed by atoms with van der Waals surface area (Å²) in [6.07, 6.45) is -4.43. The fourth-order valence-electron chi connectivity index (χ4n) is 3.02. The maximum Gasteiger partial charge on any atom is 0.416 e. The van der Waals surface area contributed by atoms with Gasteiger partial charge in [0.05, 0.1) is 16.8 Å². The molecule has 1 N–H and O–H groups in total. The van der Waals surface area contributed by atoms with Crippen molar-refractivity contribution in [3.63, 3.8) is 0 Å². The molecule has 114 valence electrons. The van der Waals surface area contributed by atoms with Crippen LogP contribution in [0.25, 0.3) is 0 Å². The van der Waals surface area contributed by atoms with Gasteiger partial charge in [-0.05, 0) is 34.9 Å². The molecule has 1 fully saturated rings. The van der Waals surface area contributed by atoms with Gasteiger partial charge in [-0.2, -0.15) is 18.4 Å². The molecule has 0 aliphatic heterocycles. The molecule has 1 aromatic carbocycles. The molecule has 2 rings (SSSR count). The molecule has 0 radical (unpaired) electrons. The highest BCUT2D eigenvalue weighted by Crippen LogP contribution is 2.68. The zero-order valence-corrected chi connectivity index (χ0v) is 12.6. The summed E-state index contributed by atoms with van der Waals surface area (Å²) in [5, 5.41) is 12.2. The summed E-state index contributed by atoms with van der Waals surface area (Å²) < 4.78 is 37.9. The van der Waals surface area contributed by atoms with E-state index in [2.05, 4.69) is 33.0 Å². The third-order valence-electron chi connectivity index (χ3n) is 5.28. The van der Waals surface area contributed by atoms with Gasteiger partial charge in [0.2, 0.25) is 0 Å². The monoisotopic (exact) mass is 296 g/mol. The normalized spacial score (nSPS) is 19.9. The summed E-state index contributed by atoms with van der Waals surface area (Å²) in [6, 6.07) is 5.07. The smallest absolute Gasteiger partial charge is 0.384 e. The second-order valence-corrected chi connectivity index (χ2v) is 6.75. The molecule has 0 heterocycles. The Morgan fingerprint density at radius 2 is 1.76 bits per heavy atom. The van der Waals surface area contributed by atoms with Gasteiger partial charge < -0.3 is 5.32 Å². The van der Waals surface area contributed by atoms with Crippen molar-refractivity contribution >= 4 is 5.69 Å². The third kappa shape index (κ3) is 2.59. The molecule has 0 aromatic heterocycles. The number of hydrogen-bond acceptors (Lipinski definition) is 2. The quantitative estimate of drug-likeness (QED) is 0.879. The van der Waals surface area contributed by atoms with Crippen molar-refractivity contribution in [2.75, 3.05) is 11.9 Å². The number of benzene rings is 1. The van der Waals surface area contributed by atoms with E-state index in [4.69, 9.17) is 5.26 Å². The molecule has 0 amide bonds. The van der Waals surface area contributed by atoms with Crippen molar-refractivity contribution in [2.24, 2.45) is 16.7 Å². The second-order valence-electron chi connectivity index (χ2n) is 6.75. The fourth-order valence-corrected chi connectivity index (χ4v) is 3.02. The van der Waals surface area contributed by atoms with Crippen LogP contribution in [0.1, 0.15) is 38.8 Å². The first-order valence-corrected chi connectivity index (χ1v) is 6.87. The maximum absolute atomic E-state index is 12.6. The van der Waals surface area contributed by atoms with E-state index in [1.165, 1.54) is 6.07 Å². The molecule has 1 aliphatic rings. The molecular weight excluding hydrogens is 277 g/mol. The Kier molecular flexibility index (Phi) is 3.48. The first kappa shape index (κ1) is 15.7. The Bertz CT molecular complexity index is 581. The number of nitrogens with zero attached hydrogens (tertiary/aromatic N) is 1. The van der Waals surface area contributed by atoms with Gasteiger partial charge in [0.25, 0.3) is 0 Å². The van der Waals surface area contributed by atoms with Crippen LogP contribution in [-0.2, 0) is 6.18 Å². The number of anilines is 1. The van der Waals surface area contributed by atoms with Crippen molar-refractivity contribution in [2.45, 2.75) is 33.9 Å². The van der Waals surface area contributed by atoms with Gasteiger partial charge in [0.15, 0.2) is 0 Å². The lowest BCUT2D eigenvalue weighted by molar-refractivity contribution is -0.137. The minimum absolute atomic E-state index is 0.0288. The highest BCUT2D eigenvalue weighted by atomic mass is 19.4. The summed E-state index contributed by atoms with van der Waals surface area (Å²) in [4.78, 5) is 0. The van der Waals surface area contributed by atoms with Gasteiger partial charge in [-0.15, -0.1) is 0 Å². The molecular formula is C16H19F3N2. The zero-order valence-electron chi connectivity index (χ0n) is 12.6. The maximum atomic E-state index is 12.6. The van der Waals surface area contributed by atoms with Crippen LogP contribution in [0.5, 0.6) is 0 Å². The molecule has 1 aromatic rings. The summed E-state index contributed by atoms with van der Waals surface area (Å²) in [5.74, 6) is 0.429. The van der Waals surface area contributed by atoms with E-state index < -0.39 is 11.7 Å². The number of rotatable bonds is 3. The standard InChI is InChI=1S/C16H19F3N2/c1-14(2)13(15(14,3)4)9-21-12-6-5-11(16(17,18)19)7-10(12)8-20/h5-7,13,21H,9H2,1-4H3. The Labute approximate surface area is 123 Å². The molecule has 1 saturated carbocycles. The Morgan fingerprint density at radius 1 is 1.19 bits per heavy atom. The summed E-state index contributed by atoms with van der Waals surface area (Å²) in [6.45, 7) is 9.36. The van der Waals surface area contributed by atoms with Gasteiger partial charge in [-0.3, -0.25) is 0 Å². The van der Waals surface area contributed by atoms with Crippen molar-refractivity contribution in [3.8, 4) is 6.07 Å². The molecule has 0 unspecified atom stereocenters. The third-order valence-corrected chi connectivity index (χ3v) is 5.28. The molecule has 1 aliphatic carbocycles. The molecule has 21 heavy (non-hydrogen) atoms. The fraction of sp³-hybridized carbons (Fsp3) is 0.562. The van der Waals surface area contributed by atoms with Gasteiger partial charge in [0, 0.05) is 6.54 Å². The van der Waals surface area contributed by atoms with Crippen LogP contribution in [0.3, 0.4) is 0 Å². The summed E-state index contributed by atoms with van der Waals surface area (Å²) >= 11 is 0. The first-order chi connectivity index (χ1) is 9.51. The van der Waals surface area contributed by atoms with Crippen LogP contribution < -0.4 is 5.32 Å². The van der Waals surface area contributed by atoms with Crippen LogP contribution in [0.2, 0.25) is 0 Å². The van der Waals surface area contributed by atoms with Crippen LogP contribution in [0.4, 0.5) is 18.9 Å². The largest absolute Gasteiger partial charge is 0.416 e. The SMILES string of the molecule is CC1(C)C(CNc2ccc(C(F)(F)F)cc2C#N)C1(C)C.